The predicted molar refractivity (Wildman–Crippen MR) is 76.0 cm³/mol. The number of hydrogen-bond acceptors (Lipinski definition) is 2. The van der Waals surface area contributed by atoms with Gasteiger partial charge < -0.3 is 5.32 Å². The molecule has 2 rings (SSSR count). The molecule has 92 valence electrons. The highest BCUT2D eigenvalue weighted by molar-refractivity contribution is 7.99. The zero-order valence-corrected chi connectivity index (χ0v) is 11.3. The molecule has 1 amide bonds. The van der Waals surface area contributed by atoms with Crippen molar-refractivity contribution in [3.63, 3.8) is 0 Å². The van der Waals surface area contributed by atoms with Crippen LogP contribution in [0.2, 0.25) is 0 Å². The smallest absolute Gasteiger partial charge is 0.221 e. The van der Waals surface area contributed by atoms with E-state index in [-0.39, 0.29) is 5.91 Å². The maximum Gasteiger partial charge on any atom is 0.221 e. The maximum absolute atomic E-state index is 10.9. The third-order valence-corrected chi connectivity index (χ3v) is 3.45. The lowest BCUT2D eigenvalue weighted by atomic mass is 10.2. The second-order valence-electron chi connectivity index (χ2n) is 4.12. The molecule has 2 aromatic rings. The van der Waals surface area contributed by atoms with E-state index >= 15 is 0 Å². The summed E-state index contributed by atoms with van der Waals surface area (Å²) in [5.74, 6) is -0.0473. The van der Waals surface area contributed by atoms with Crippen molar-refractivity contribution >= 4 is 23.4 Å². The highest BCUT2D eigenvalue weighted by atomic mass is 32.2. The van der Waals surface area contributed by atoms with Crippen LogP contribution in [0.25, 0.3) is 0 Å². The maximum atomic E-state index is 10.9. The van der Waals surface area contributed by atoms with Gasteiger partial charge in [0.15, 0.2) is 0 Å². The largest absolute Gasteiger partial charge is 0.326 e. The predicted octanol–water partition coefficient (Wildman–Crippen LogP) is 4.10. The Morgan fingerprint density at radius 2 is 1.44 bits per heavy atom. The summed E-state index contributed by atoms with van der Waals surface area (Å²) in [5, 5.41) is 2.76. The number of anilines is 1. The summed E-state index contributed by atoms with van der Waals surface area (Å²) < 4.78 is 0. The number of nitrogens with one attached hydrogen (secondary N) is 1. The van der Waals surface area contributed by atoms with Crippen LogP contribution in [-0.4, -0.2) is 5.91 Å². The van der Waals surface area contributed by atoms with E-state index in [9.17, 15) is 4.79 Å². The van der Waals surface area contributed by atoms with Crippen molar-refractivity contribution in [2.75, 3.05) is 5.32 Å². The van der Waals surface area contributed by atoms with Gasteiger partial charge in [-0.25, -0.2) is 0 Å². The summed E-state index contributed by atoms with van der Waals surface area (Å²) in [5.41, 5.74) is 2.09. The SMILES string of the molecule is CC(=O)Nc1ccc(Sc2ccc(C)cc2)cc1. The van der Waals surface area contributed by atoms with Gasteiger partial charge in [-0.1, -0.05) is 29.5 Å². The first-order chi connectivity index (χ1) is 8.63. The van der Waals surface area contributed by atoms with E-state index in [1.807, 2.05) is 24.3 Å². The standard InChI is InChI=1S/C15H15NOS/c1-11-3-7-14(8-4-11)18-15-9-5-13(6-10-15)16-12(2)17/h3-10H,1-2H3,(H,16,17). The van der Waals surface area contributed by atoms with Gasteiger partial charge in [0.1, 0.15) is 0 Å². The first-order valence-electron chi connectivity index (χ1n) is 5.76. The molecule has 0 heterocycles. The number of amides is 1. The monoisotopic (exact) mass is 257 g/mol. The van der Waals surface area contributed by atoms with Gasteiger partial charge in [0.2, 0.25) is 5.91 Å². The zero-order chi connectivity index (χ0) is 13.0. The van der Waals surface area contributed by atoms with Crippen molar-refractivity contribution in [3.05, 3.63) is 54.1 Å². The third kappa shape index (κ3) is 3.64. The van der Waals surface area contributed by atoms with Gasteiger partial charge in [-0.3, -0.25) is 4.79 Å². The van der Waals surface area contributed by atoms with Gasteiger partial charge in [-0.2, -0.15) is 0 Å². The summed E-state index contributed by atoms with van der Waals surface area (Å²) in [6.45, 7) is 3.59. The molecule has 0 spiro atoms. The normalized spacial score (nSPS) is 10.1. The summed E-state index contributed by atoms with van der Waals surface area (Å²) in [6, 6.07) is 16.3. The second kappa shape index (κ2) is 5.74. The van der Waals surface area contributed by atoms with Gasteiger partial charge >= 0.3 is 0 Å². The zero-order valence-electron chi connectivity index (χ0n) is 10.4. The Morgan fingerprint density at radius 1 is 0.944 bits per heavy atom. The van der Waals surface area contributed by atoms with E-state index in [0.717, 1.165) is 10.6 Å². The summed E-state index contributed by atoms with van der Waals surface area (Å²) in [6.07, 6.45) is 0. The molecule has 1 N–H and O–H groups in total. The Labute approximate surface area is 111 Å². The average Bonchev–Trinajstić information content (AvgIpc) is 2.34. The molecule has 0 radical (unpaired) electrons. The molecule has 2 aromatic carbocycles. The number of carbonyl (C=O) groups excluding carboxylic acids is 1. The quantitative estimate of drug-likeness (QED) is 0.896. The van der Waals surface area contributed by atoms with Gasteiger partial charge in [-0.05, 0) is 43.3 Å². The first kappa shape index (κ1) is 12.7. The van der Waals surface area contributed by atoms with Crippen LogP contribution in [0.5, 0.6) is 0 Å². The fraction of sp³-hybridized carbons (Fsp3) is 0.133. The molecule has 0 bridgehead atoms. The molecule has 0 aliphatic heterocycles. The van der Waals surface area contributed by atoms with E-state index in [1.165, 1.54) is 17.4 Å². The van der Waals surface area contributed by atoms with E-state index in [1.54, 1.807) is 11.8 Å². The van der Waals surface area contributed by atoms with Crippen LogP contribution >= 0.6 is 11.8 Å². The number of rotatable bonds is 3. The van der Waals surface area contributed by atoms with Crippen molar-refractivity contribution in [1.29, 1.82) is 0 Å². The van der Waals surface area contributed by atoms with Gasteiger partial charge in [-0.15, -0.1) is 0 Å². The molecule has 0 saturated carbocycles. The van der Waals surface area contributed by atoms with Gasteiger partial charge in [0, 0.05) is 22.4 Å². The Kier molecular flexibility index (Phi) is 4.05. The molecular weight excluding hydrogens is 242 g/mol. The molecule has 2 nitrogen and oxygen atoms in total. The van der Waals surface area contributed by atoms with Crippen LogP contribution < -0.4 is 5.32 Å². The molecule has 0 aromatic heterocycles. The number of aryl methyl sites for hydroxylation is 1. The van der Waals surface area contributed by atoms with Crippen molar-refractivity contribution < 1.29 is 4.79 Å². The van der Waals surface area contributed by atoms with Gasteiger partial charge in [0.05, 0.1) is 0 Å². The van der Waals surface area contributed by atoms with Crippen LogP contribution in [0.3, 0.4) is 0 Å². The number of benzene rings is 2. The van der Waals surface area contributed by atoms with Gasteiger partial charge in [0.25, 0.3) is 0 Å². The number of carbonyl (C=O) groups is 1. The van der Waals surface area contributed by atoms with Crippen molar-refractivity contribution in [2.24, 2.45) is 0 Å². The van der Waals surface area contributed by atoms with Crippen LogP contribution in [0.15, 0.2) is 58.3 Å². The van der Waals surface area contributed by atoms with E-state index in [0.29, 0.717) is 0 Å². The molecule has 0 saturated heterocycles. The molecule has 0 aliphatic carbocycles. The Morgan fingerprint density at radius 3 is 1.94 bits per heavy atom. The number of hydrogen-bond donors (Lipinski definition) is 1. The lowest BCUT2D eigenvalue weighted by molar-refractivity contribution is -0.114. The minimum absolute atomic E-state index is 0.0473. The molecule has 0 atom stereocenters. The van der Waals surface area contributed by atoms with Crippen molar-refractivity contribution in [3.8, 4) is 0 Å². The molecule has 0 unspecified atom stereocenters. The second-order valence-corrected chi connectivity index (χ2v) is 5.27. The van der Waals surface area contributed by atoms with E-state index < -0.39 is 0 Å². The highest BCUT2D eigenvalue weighted by Gasteiger charge is 1.99. The van der Waals surface area contributed by atoms with Crippen LogP contribution in [-0.2, 0) is 4.79 Å². The van der Waals surface area contributed by atoms with Crippen LogP contribution in [0.1, 0.15) is 12.5 Å². The molecule has 0 fully saturated rings. The van der Waals surface area contributed by atoms with Crippen LogP contribution in [0.4, 0.5) is 5.69 Å². The average molecular weight is 257 g/mol. The first-order valence-corrected chi connectivity index (χ1v) is 6.57. The fourth-order valence-electron chi connectivity index (χ4n) is 1.55. The molecular formula is C15H15NOS. The van der Waals surface area contributed by atoms with E-state index in [4.69, 9.17) is 0 Å². The summed E-state index contributed by atoms with van der Waals surface area (Å²) >= 11 is 1.71. The Bertz CT molecular complexity index is 531. The van der Waals surface area contributed by atoms with Crippen LogP contribution in [0, 0.1) is 6.92 Å². The molecule has 0 aliphatic rings. The summed E-state index contributed by atoms with van der Waals surface area (Å²) in [4.78, 5) is 13.3. The summed E-state index contributed by atoms with van der Waals surface area (Å²) in [7, 11) is 0. The molecule has 3 heteroatoms. The topological polar surface area (TPSA) is 29.1 Å². The Hall–Kier alpha value is -1.74. The third-order valence-electron chi connectivity index (χ3n) is 2.43. The van der Waals surface area contributed by atoms with E-state index in [2.05, 4.69) is 36.5 Å². The van der Waals surface area contributed by atoms with Crippen molar-refractivity contribution in [2.45, 2.75) is 23.6 Å². The molecule has 18 heavy (non-hydrogen) atoms. The lowest BCUT2D eigenvalue weighted by Gasteiger charge is -2.05. The Balaban J connectivity index is 2.06. The minimum Gasteiger partial charge on any atom is -0.326 e. The minimum atomic E-state index is -0.0473. The van der Waals surface area contributed by atoms with Crippen molar-refractivity contribution in [1.82, 2.24) is 0 Å². The lowest BCUT2D eigenvalue weighted by Crippen LogP contribution is -2.05. The fourth-order valence-corrected chi connectivity index (χ4v) is 2.37. The highest BCUT2D eigenvalue weighted by Crippen LogP contribution is 2.28.